The molecule has 10 heteroatoms. The topological polar surface area (TPSA) is 90.9 Å². The Balaban J connectivity index is 1.36. The summed E-state index contributed by atoms with van der Waals surface area (Å²) in [7, 11) is -3.25. The lowest BCUT2D eigenvalue weighted by molar-refractivity contribution is -0.362. The smallest absolute Gasteiger partial charge is 0.353 e. The molecule has 0 amide bonds. The van der Waals surface area contributed by atoms with Gasteiger partial charge in [0.1, 0.15) is 24.1 Å². The van der Waals surface area contributed by atoms with Gasteiger partial charge in [-0.25, -0.2) is 0 Å². The van der Waals surface area contributed by atoms with Crippen LogP contribution in [0.1, 0.15) is 47.1 Å². The van der Waals surface area contributed by atoms with Gasteiger partial charge in [-0.1, -0.05) is 48.5 Å². The van der Waals surface area contributed by atoms with Gasteiger partial charge >= 0.3 is 7.60 Å². The van der Waals surface area contributed by atoms with Gasteiger partial charge in [-0.2, -0.15) is 0 Å². The lowest BCUT2D eigenvalue weighted by Gasteiger charge is -2.48. The Hall–Kier alpha value is -2.07. The molecule has 3 aliphatic rings. The Labute approximate surface area is 242 Å². The zero-order valence-corrected chi connectivity index (χ0v) is 25.5. The van der Waals surface area contributed by atoms with Crippen LogP contribution >= 0.6 is 7.60 Å². The van der Waals surface area contributed by atoms with E-state index in [1.54, 1.807) is 19.7 Å². The average molecular weight is 589 g/mol. The van der Waals surface area contributed by atoms with E-state index in [1.807, 2.05) is 76.2 Å². The first-order chi connectivity index (χ1) is 19.5. The van der Waals surface area contributed by atoms with Crippen LogP contribution in [0.5, 0.6) is 5.75 Å². The van der Waals surface area contributed by atoms with Crippen LogP contribution in [-0.4, -0.2) is 62.1 Å². The third-order valence-electron chi connectivity index (χ3n) is 7.07. The third-order valence-corrected chi connectivity index (χ3v) is 8.89. The molecule has 9 nitrogen and oxygen atoms in total. The lowest BCUT2D eigenvalue weighted by atomic mass is 9.97. The van der Waals surface area contributed by atoms with E-state index in [0.29, 0.717) is 32.0 Å². The molecule has 41 heavy (non-hydrogen) atoms. The summed E-state index contributed by atoms with van der Waals surface area (Å²) >= 11 is 0. The number of para-hydroxylation sites is 1. The van der Waals surface area contributed by atoms with Crippen LogP contribution in [0.15, 0.2) is 60.4 Å². The van der Waals surface area contributed by atoms with Crippen molar-refractivity contribution < 1.29 is 42.0 Å². The number of allylic oxidation sites excluding steroid dienone is 1. The van der Waals surface area contributed by atoms with Crippen LogP contribution in [0.2, 0.25) is 0 Å². The normalized spacial score (nSPS) is 28.8. The molecule has 0 radical (unpaired) electrons. The molecule has 0 bridgehead atoms. The van der Waals surface area contributed by atoms with E-state index >= 15 is 0 Å². The van der Waals surface area contributed by atoms with E-state index in [1.165, 1.54) is 0 Å². The number of ether oxygens (including phenoxy) is 6. The number of fused-ring (bicyclic) bond motifs is 3. The van der Waals surface area contributed by atoms with Crippen molar-refractivity contribution in [1.82, 2.24) is 0 Å². The van der Waals surface area contributed by atoms with Crippen molar-refractivity contribution in [3.05, 3.63) is 66.0 Å². The maximum atomic E-state index is 12.8. The largest absolute Gasteiger partial charge is 0.461 e. The van der Waals surface area contributed by atoms with Crippen molar-refractivity contribution in [3.63, 3.8) is 0 Å². The van der Waals surface area contributed by atoms with Crippen LogP contribution in [0.3, 0.4) is 0 Å². The van der Waals surface area contributed by atoms with Crippen molar-refractivity contribution in [2.75, 3.05) is 19.8 Å². The highest BCUT2D eigenvalue weighted by Gasteiger charge is 2.59. The Kier molecular flexibility index (Phi) is 9.09. The highest BCUT2D eigenvalue weighted by Crippen LogP contribution is 2.49. The minimum Gasteiger partial charge on any atom is -0.461 e. The number of hydrogen-bond acceptors (Lipinski definition) is 9. The third kappa shape index (κ3) is 7.12. The molecular formula is C31H41O9P. The predicted octanol–water partition coefficient (Wildman–Crippen LogP) is 6.45. The molecule has 3 saturated heterocycles. The molecule has 224 valence electrons. The van der Waals surface area contributed by atoms with Gasteiger partial charge in [0, 0.05) is 11.4 Å². The molecule has 0 spiro atoms. The lowest BCUT2D eigenvalue weighted by Crippen LogP contribution is -2.64. The van der Waals surface area contributed by atoms with Gasteiger partial charge < -0.3 is 37.5 Å². The summed E-state index contributed by atoms with van der Waals surface area (Å²) in [6.45, 7) is 12.1. The summed E-state index contributed by atoms with van der Waals surface area (Å²) in [6, 6.07) is 16.0. The minimum atomic E-state index is -3.25. The van der Waals surface area contributed by atoms with E-state index < -0.39 is 31.6 Å². The molecule has 3 heterocycles. The molecule has 0 aliphatic carbocycles. The molecule has 2 aromatic carbocycles. The zero-order chi connectivity index (χ0) is 29.3. The molecule has 5 rings (SSSR count). The van der Waals surface area contributed by atoms with E-state index in [9.17, 15) is 4.57 Å². The fourth-order valence-corrected chi connectivity index (χ4v) is 6.77. The summed E-state index contributed by atoms with van der Waals surface area (Å²) < 4.78 is 61.1. The molecule has 0 aromatic heterocycles. The van der Waals surface area contributed by atoms with Gasteiger partial charge in [0.25, 0.3) is 0 Å². The zero-order valence-electron chi connectivity index (χ0n) is 24.6. The van der Waals surface area contributed by atoms with Crippen LogP contribution in [0.4, 0.5) is 0 Å². The Morgan fingerprint density at radius 2 is 1.61 bits per heavy atom. The maximum absolute atomic E-state index is 12.8. The van der Waals surface area contributed by atoms with E-state index in [2.05, 4.69) is 6.07 Å². The highest BCUT2D eigenvalue weighted by atomic mass is 31.2. The van der Waals surface area contributed by atoms with Gasteiger partial charge in [-0.3, -0.25) is 4.57 Å². The molecule has 3 aliphatic heterocycles. The van der Waals surface area contributed by atoms with E-state index in [-0.39, 0.29) is 18.3 Å². The van der Waals surface area contributed by atoms with Gasteiger partial charge in [-0.15, -0.1) is 0 Å². The SMILES string of the molecule is CCOP(=O)(/C=C/Cc1cccc(-c2ccccc2O[C@H]2O[C@@H]3COC(C)(C)O[C@H]3[C@@H]3OC(C)(C)O[C@H]23)c1)OCC. The van der Waals surface area contributed by atoms with Gasteiger partial charge in [0.2, 0.25) is 6.29 Å². The molecule has 2 aromatic rings. The maximum Gasteiger partial charge on any atom is 0.353 e. The van der Waals surface area contributed by atoms with Crippen LogP contribution < -0.4 is 4.74 Å². The average Bonchev–Trinajstić information content (AvgIpc) is 3.25. The Morgan fingerprint density at radius 1 is 0.902 bits per heavy atom. The number of benzene rings is 2. The molecular weight excluding hydrogens is 547 g/mol. The predicted molar refractivity (Wildman–Crippen MR) is 154 cm³/mol. The monoisotopic (exact) mass is 588 g/mol. The Morgan fingerprint density at radius 3 is 2.37 bits per heavy atom. The molecule has 5 atom stereocenters. The van der Waals surface area contributed by atoms with Crippen molar-refractivity contribution in [2.24, 2.45) is 0 Å². The number of rotatable bonds is 10. The first kappa shape index (κ1) is 30.4. The van der Waals surface area contributed by atoms with Crippen molar-refractivity contribution in [1.29, 1.82) is 0 Å². The number of hydrogen-bond donors (Lipinski definition) is 0. The van der Waals surface area contributed by atoms with E-state index in [4.69, 9.17) is 37.5 Å². The van der Waals surface area contributed by atoms with Gasteiger partial charge in [-0.05, 0) is 65.2 Å². The molecule has 3 fully saturated rings. The quantitative estimate of drug-likeness (QED) is 0.290. The van der Waals surface area contributed by atoms with Crippen molar-refractivity contribution in [2.45, 2.75) is 90.2 Å². The van der Waals surface area contributed by atoms with Crippen LogP contribution in [-0.2, 0) is 43.7 Å². The summed E-state index contributed by atoms with van der Waals surface area (Å²) in [4.78, 5) is 0. The summed E-state index contributed by atoms with van der Waals surface area (Å²) in [5.74, 6) is 0.648. The second-order valence-electron chi connectivity index (χ2n) is 11.2. The highest BCUT2D eigenvalue weighted by molar-refractivity contribution is 7.57. The fraction of sp³-hybridized carbons (Fsp3) is 0.548. The standard InChI is InChI=1S/C31H41O9P/c1-7-34-41(32,35-8-2)18-12-14-21-13-11-15-22(19-21)23-16-9-10-17-24(23)36-29-28-27(39-31(5,6)40-28)26-25(37-29)20-33-30(3,4)38-26/h9-13,15-19,25-29H,7-8,14,20H2,1-6H3/b18-12+/t25-,26-,27+,28+,29+/m1/s1. The fourth-order valence-electron chi connectivity index (χ4n) is 5.44. The minimum absolute atomic E-state index is 0.314. The molecule has 0 saturated carbocycles. The van der Waals surface area contributed by atoms with Gasteiger partial charge in [0.05, 0.1) is 19.8 Å². The first-order valence-corrected chi connectivity index (χ1v) is 15.9. The second-order valence-corrected chi connectivity index (χ2v) is 13.1. The van der Waals surface area contributed by atoms with Gasteiger partial charge in [0.15, 0.2) is 17.7 Å². The summed E-state index contributed by atoms with van der Waals surface area (Å²) in [6.07, 6.45) is 0.101. The summed E-state index contributed by atoms with van der Waals surface area (Å²) in [5.41, 5.74) is 2.92. The molecule has 0 N–H and O–H groups in total. The van der Waals surface area contributed by atoms with Crippen molar-refractivity contribution in [3.8, 4) is 16.9 Å². The molecule has 0 unspecified atom stereocenters. The van der Waals surface area contributed by atoms with Crippen LogP contribution in [0.25, 0.3) is 11.1 Å². The summed E-state index contributed by atoms with van der Waals surface area (Å²) in [5, 5.41) is 0. The van der Waals surface area contributed by atoms with Crippen LogP contribution in [0, 0.1) is 0 Å². The van der Waals surface area contributed by atoms with E-state index in [0.717, 1.165) is 16.7 Å². The first-order valence-electron chi connectivity index (χ1n) is 14.3. The Bertz CT molecular complexity index is 1270. The van der Waals surface area contributed by atoms with Crippen molar-refractivity contribution >= 4 is 7.60 Å². The second kappa shape index (κ2) is 12.3.